The third-order valence-corrected chi connectivity index (χ3v) is 3.66. The van der Waals surface area contributed by atoms with E-state index < -0.39 is 0 Å². The van der Waals surface area contributed by atoms with Crippen LogP contribution in [0.2, 0.25) is 0 Å². The highest BCUT2D eigenvalue weighted by Crippen LogP contribution is 2.12. The molecule has 94 valence electrons. The van der Waals surface area contributed by atoms with Crippen LogP contribution in [0.1, 0.15) is 18.2 Å². The highest BCUT2D eigenvalue weighted by Gasteiger charge is 2.26. The molecular weight excluding hydrogens is 236 g/mol. The van der Waals surface area contributed by atoms with E-state index in [-0.39, 0.29) is 11.9 Å². The van der Waals surface area contributed by atoms with Gasteiger partial charge in [0.2, 0.25) is 0 Å². The van der Waals surface area contributed by atoms with E-state index in [9.17, 15) is 4.79 Å². The molecular formula is C12H18N2O2S. The zero-order chi connectivity index (χ0) is 12.1. The molecule has 1 aromatic rings. The number of ether oxygens (including phenoxy) is 1. The first kappa shape index (κ1) is 12.7. The molecule has 2 rings (SSSR count). The Kier molecular flexibility index (Phi) is 4.65. The Bertz CT molecular complexity index is 351. The van der Waals surface area contributed by atoms with Crippen LogP contribution in [0, 0.1) is 0 Å². The molecule has 0 amide bonds. The Balaban J connectivity index is 1.86. The molecule has 1 saturated heterocycles. The van der Waals surface area contributed by atoms with Crippen LogP contribution >= 0.6 is 11.3 Å². The SMILES string of the molecule is CCCN1CCOC(C(=O)Cc2cncs2)C1. The van der Waals surface area contributed by atoms with Crippen LogP contribution in [0.15, 0.2) is 11.7 Å². The van der Waals surface area contributed by atoms with E-state index in [1.54, 1.807) is 11.7 Å². The van der Waals surface area contributed by atoms with Crippen molar-refractivity contribution < 1.29 is 9.53 Å². The normalized spacial score (nSPS) is 21.6. The fourth-order valence-corrected chi connectivity index (χ4v) is 2.64. The van der Waals surface area contributed by atoms with Gasteiger partial charge in [0.05, 0.1) is 12.1 Å². The fraction of sp³-hybridized carbons (Fsp3) is 0.667. The molecule has 1 unspecified atom stereocenters. The summed E-state index contributed by atoms with van der Waals surface area (Å²) in [5.74, 6) is 0.176. The first-order valence-corrected chi connectivity index (χ1v) is 6.91. The highest BCUT2D eigenvalue weighted by atomic mass is 32.1. The molecule has 1 atom stereocenters. The van der Waals surface area contributed by atoms with E-state index in [0.29, 0.717) is 13.0 Å². The minimum atomic E-state index is -0.252. The Morgan fingerprint density at radius 2 is 2.59 bits per heavy atom. The van der Waals surface area contributed by atoms with Crippen molar-refractivity contribution in [2.45, 2.75) is 25.9 Å². The molecule has 2 heterocycles. The lowest BCUT2D eigenvalue weighted by Crippen LogP contribution is -2.46. The van der Waals surface area contributed by atoms with Gasteiger partial charge in [-0.3, -0.25) is 14.7 Å². The van der Waals surface area contributed by atoms with Gasteiger partial charge in [-0.05, 0) is 13.0 Å². The number of aromatic nitrogens is 1. The van der Waals surface area contributed by atoms with Gasteiger partial charge in [-0.1, -0.05) is 6.92 Å². The van der Waals surface area contributed by atoms with Crippen LogP contribution in [-0.4, -0.2) is 48.0 Å². The van der Waals surface area contributed by atoms with Gasteiger partial charge >= 0.3 is 0 Å². The summed E-state index contributed by atoms with van der Waals surface area (Å²) in [5, 5.41) is 0. The van der Waals surface area contributed by atoms with Gasteiger partial charge in [-0.15, -0.1) is 11.3 Å². The van der Waals surface area contributed by atoms with Gasteiger partial charge < -0.3 is 4.74 Å². The van der Waals surface area contributed by atoms with Crippen LogP contribution in [0.4, 0.5) is 0 Å². The molecule has 0 saturated carbocycles. The molecule has 0 spiro atoms. The molecule has 1 aliphatic rings. The molecule has 5 heteroatoms. The highest BCUT2D eigenvalue weighted by molar-refractivity contribution is 7.09. The monoisotopic (exact) mass is 254 g/mol. The van der Waals surface area contributed by atoms with Crippen LogP contribution in [0.25, 0.3) is 0 Å². The van der Waals surface area contributed by atoms with E-state index >= 15 is 0 Å². The van der Waals surface area contributed by atoms with Crippen molar-refractivity contribution in [2.75, 3.05) is 26.2 Å². The lowest BCUT2D eigenvalue weighted by atomic mass is 10.1. The molecule has 1 fully saturated rings. The average Bonchev–Trinajstić information content (AvgIpc) is 2.83. The van der Waals surface area contributed by atoms with Gasteiger partial charge in [-0.2, -0.15) is 0 Å². The summed E-state index contributed by atoms with van der Waals surface area (Å²) in [7, 11) is 0. The third-order valence-electron chi connectivity index (χ3n) is 2.88. The number of nitrogens with zero attached hydrogens (tertiary/aromatic N) is 2. The molecule has 0 N–H and O–H groups in total. The second kappa shape index (κ2) is 6.23. The van der Waals surface area contributed by atoms with Gasteiger partial charge in [0.15, 0.2) is 5.78 Å². The maximum absolute atomic E-state index is 12.0. The van der Waals surface area contributed by atoms with Crippen molar-refractivity contribution in [1.82, 2.24) is 9.88 Å². The number of carbonyl (C=O) groups is 1. The van der Waals surface area contributed by atoms with Crippen molar-refractivity contribution in [3.05, 3.63) is 16.6 Å². The summed E-state index contributed by atoms with van der Waals surface area (Å²) in [4.78, 5) is 19.3. The van der Waals surface area contributed by atoms with Gasteiger partial charge in [0.1, 0.15) is 6.10 Å². The summed E-state index contributed by atoms with van der Waals surface area (Å²) in [6, 6.07) is 0. The van der Waals surface area contributed by atoms with Crippen molar-refractivity contribution in [3.8, 4) is 0 Å². The smallest absolute Gasteiger partial charge is 0.168 e. The summed E-state index contributed by atoms with van der Waals surface area (Å²) in [5.41, 5.74) is 1.76. The zero-order valence-corrected chi connectivity index (χ0v) is 10.9. The first-order valence-electron chi connectivity index (χ1n) is 6.03. The number of ketones is 1. The number of Topliss-reactive ketones (excluding diaryl/α,β-unsaturated/α-hetero) is 1. The van der Waals surface area contributed by atoms with Crippen LogP contribution in [-0.2, 0) is 16.0 Å². The van der Waals surface area contributed by atoms with Crippen molar-refractivity contribution >= 4 is 17.1 Å². The van der Waals surface area contributed by atoms with E-state index in [0.717, 1.165) is 30.9 Å². The molecule has 0 bridgehead atoms. The molecule has 0 radical (unpaired) electrons. The maximum Gasteiger partial charge on any atom is 0.168 e. The molecule has 1 aromatic heterocycles. The summed E-state index contributed by atoms with van der Waals surface area (Å²) in [6.07, 6.45) is 3.08. The second-order valence-corrected chi connectivity index (χ2v) is 5.24. The number of hydrogen-bond acceptors (Lipinski definition) is 5. The molecule has 4 nitrogen and oxygen atoms in total. The predicted molar refractivity (Wildman–Crippen MR) is 67.3 cm³/mol. The zero-order valence-electron chi connectivity index (χ0n) is 10.1. The second-order valence-electron chi connectivity index (χ2n) is 4.27. The van der Waals surface area contributed by atoms with Crippen molar-refractivity contribution in [3.63, 3.8) is 0 Å². The summed E-state index contributed by atoms with van der Waals surface area (Å²) in [6.45, 7) is 5.56. The van der Waals surface area contributed by atoms with Crippen LogP contribution in [0.3, 0.4) is 0 Å². The fourth-order valence-electron chi connectivity index (χ4n) is 2.03. The molecule has 17 heavy (non-hydrogen) atoms. The number of carbonyl (C=O) groups excluding carboxylic acids is 1. The third kappa shape index (κ3) is 3.59. The van der Waals surface area contributed by atoms with Crippen LogP contribution in [0.5, 0.6) is 0 Å². The van der Waals surface area contributed by atoms with E-state index in [4.69, 9.17) is 4.74 Å². The molecule has 1 aliphatic heterocycles. The van der Waals surface area contributed by atoms with Gasteiger partial charge in [0.25, 0.3) is 0 Å². The number of thiazole rings is 1. The number of hydrogen-bond donors (Lipinski definition) is 0. The number of rotatable bonds is 5. The Labute approximate surface area is 106 Å². The molecule has 0 aliphatic carbocycles. The maximum atomic E-state index is 12.0. The predicted octanol–water partition coefficient (Wildman–Crippen LogP) is 1.37. The minimum Gasteiger partial charge on any atom is -0.368 e. The average molecular weight is 254 g/mol. The standard InChI is InChI=1S/C12H18N2O2S/c1-2-3-14-4-5-16-12(8-14)11(15)6-10-7-13-9-17-10/h7,9,12H,2-6,8H2,1H3. The largest absolute Gasteiger partial charge is 0.368 e. The van der Waals surface area contributed by atoms with E-state index in [1.165, 1.54) is 11.3 Å². The molecule has 0 aromatic carbocycles. The topological polar surface area (TPSA) is 42.4 Å². The lowest BCUT2D eigenvalue weighted by molar-refractivity contribution is -0.135. The Morgan fingerprint density at radius 1 is 1.71 bits per heavy atom. The van der Waals surface area contributed by atoms with Crippen molar-refractivity contribution in [2.24, 2.45) is 0 Å². The summed E-state index contributed by atoms with van der Waals surface area (Å²) < 4.78 is 5.56. The van der Waals surface area contributed by atoms with Crippen molar-refractivity contribution in [1.29, 1.82) is 0 Å². The van der Waals surface area contributed by atoms with Crippen LogP contribution < -0.4 is 0 Å². The lowest BCUT2D eigenvalue weighted by Gasteiger charge is -2.31. The van der Waals surface area contributed by atoms with E-state index in [2.05, 4.69) is 16.8 Å². The minimum absolute atomic E-state index is 0.176. The van der Waals surface area contributed by atoms with E-state index in [1.807, 2.05) is 0 Å². The number of morpholine rings is 1. The Morgan fingerprint density at radius 3 is 3.29 bits per heavy atom. The quantitative estimate of drug-likeness (QED) is 0.796. The van der Waals surface area contributed by atoms with Gasteiger partial charge in [0, 0.05) is 30.6 Å². The summed E-state index contributed by atoms with van der Waals surface area (Å²) >= 11 is 1.53. The van der Waals surface area contributed by atoms with Gasteiger partial charge in [-0.25, -0.2) is 0 Å². The Hall–Kier alpha value is -0.780. The first-order chi connectivity index (χ1) is 8.29.